The van der Waals surface area contributed by atoms with E-state index in [2.05, 4.69) is 25.7 Å². The van der Waals surface area contributed by atoms with Gasteiger partial charge in [0.25, 0.3) is 0 Å². The molecule has 0 aliphatic heterocycles. The van der Waals surface area contributed by atoms with Crippen LogP contribution in [0.3, 0.4) is 0 Å². The highest BCUT2D eigenvalue weighted by Crippen LogP contribution is 2.19. The molecule has 0 aliphatic rings. The molecule has 0 radical (unpaired) electrons. The Bertz CT molecular complexity index is 505. The van der Waals surface area contributed by atoms with E-state index in [1.54, 1.807) is 24.3 Å². The van der Waals surface area contributed by atoms with E-state index in [-0.39, 0.29) is 23.5 Å². The van der Waals surface area contributed by atoms with Crippen LogP contribution >= 0.6 is 0 Å². The first-order chi connectivity index (χ1) is 9.71. The van der Waals surface area contributed by atoms with Gasteiger partial charge in [-0.05, 0) is 40.0 Å². The average molecular weight is 293 g/mol. The summed E-state index contributed by atoms with van der Waals surface area (Å²) in [7, 11) is 1.97. The van der Waals surface area contributed by atoms with E-state index < -0.39 is 11.9 Å². The summed E-state index contributed by atoms with van der Waals surface area (Å²) < 4.78 is 10.2. The third-order valence-corrected chi connectivity index (χ3v) is 3.17. The minimum atomic E-state index is -0.492. The molecule has 0 aromatic heterocycles. The Labute approximate surface area is 125 Å². The molecule has 0 N–H and O–H groups in total. The molecule has 1 rings (SSSR count). The summed E-state index contributed by atoms with van der Waals surface area (Å²) in [5.74, 6) is -0.740. The predicted octanol–water partition coefficient (Wildman–Crippen LogP) is 2.50. The van der Waals surface area contributed by atoms with Crippen molar-refractivity contribution in [3.05, 3.63) is 29.8 Å². The van der Waals surface area contributed by atoms with Gasteiger partial charge >= 0.3 is 11.9 Å². The summed E-state index contributed by atoms with van der Waals surface area (Å²) in [4.78, 5) is 25.2. The normalized spacial score (nSPS) is 11.3. The number of nitrogens with zero attached hydrogens (tertiary/aromatic N) is 1. The van der Waals surface area contributed by atoms with Crippen LogP contribution in [0.15, 0.2) is 24.3 Å². The smallest absolute Gasteiger partial charge is 0.341 e. The molecule has 0 spiro atoms. The van der Waals surface area contributed by atoms with Crippen molar-refractivity contribution in [3.63, 3.8) is 0 Å². The first-order valence-electron chi connectivity index (χ1n) is 6.87. The Balaban J connectivity index is 2.62. The fourth-order valence-electron chi connectivity index (χ4n) is 1.57. The van der Waals surface area contributed by atoms with E-state index in [9.17, 15) is 9.59 Å². The number of benzene rings is 1. The van der Waals surface area contributed by atoms with Gasteiger partial charge in [-0.1, -0.05) is 12.1 Å². The standard InChI is InChI=1S/C16H23NO4/c1-12(18)21-14-9-7-6-8-13(14)15(19)20-11-10-17(5)16(2,3)4/h6-9H,10-11H2,1-5H3. The summed E-state index contributed by atoms with van der Waals surface area (Å²) in [5.41, 5.74) is 0.272. The molecule has 0 fully saturated rings. The van der Waals surface area contributed by atoms with Gasteiger partial charge in [-0.3, -0.25) is 9.69 Å². The van der Waals surface area contributed by atoms with Gasteiger partial charge in [-0.2, -0.15) is 0 Å². The first-order valence-corrected chi connectivity index (χ1v) is 6.87. The van der Waals surface area contributed by atoms with Crippen molar-refractivity contribution < 1.29 is 19.1 Å². The zero-order valence-electron chi connectivity index (χ0n) is 13.3. The molecule has 21 heavy (non-hydrogen) atoms. The Morgan fingerprint density at radius 2 is 1.81 bits per heavy atom. The van der Waals surface area contributed by atoms with Gasteiger partial charge in [0.15, 0.2) is 0 Å². The van der Waals surface area contributed by atoms with Crippen LogP contribution in [0.4, 0.5) is 0 Å². The zero-order valence-corrected chi connectivity index (χ0v) is 13.3. The van der Waals surface area contributed by atoms with Crippen molar-refractivity contribution in [2.45, 2.75) is 33.2 Å². The van der Waals surface area contributed by atoms with Gasteiger partial charge in [0.2, 0.25) is 0 Å². The second-order valence-electron chi connectivity index (χ2n) is 5.82. The van der Waals surface area contributed by atoms with Gasteiger partial charge in [-0.25, -0.2) is 4.79 Å². The molecule has 116 valence electrons. The summed E-state index contributed by atoms with van der Waals surface area (Å²) in [6.45, 7) is 8.47. The third-order valence-electron chi connectivity index (χ3n) is 3.17. The molecule has 0 amide bonds. The second kappa shape index (κ2) is 7.22. The number of para-hydroxylation sites is 1. The lowest BCUT2D eigenvalue weighted by atomic mass is 10.1. The van der Waals surface area contributed by atoms with Gasteiger partial charge < -0.3 is 9.47 Å². The molecule has 0 heterocycles. The maximum Gasteiger partial charge on any atom is 0.341 e. The van der Waals surface area contributed by atoms with Crippen molar-refractivity contribution in [2.24, 2.45) is 0 Å². The number of rotatable bonds is 5. The van der Waals surface area contributed by atoms with Gasteiger partial charge in [-0.15, -0.1) is 0 Å². The van der Waals surface area contributed by atoms with Crippen molar-refractivity contribution >= 4 is 11.9 Å². The molecular formula is C16H23NO4. The average Bonchev–Trinajstić information content (AvgIpc) is 2.37. The highest BCUT2D eigenvalue weighted by atomic mass is 16.5. The largest absolute Gasteiger partial charge is 0.461 e. The highest BCUT2D eigenvalue weighted by Gasteiger charge is 2.18. The van der Waals surface area contributed by atoms with Crippen molar-refractivity contribution in [2.75, 3.05) is 20.2 Å². The van der Waals surface area contributed by atoms with E-state index in [0.29, 0.717) is 6.54 Å². The van der Waals surface area contributed by atoms with Crippen molar-refractivity contribution in [1.82, 2.24) is 4.90 Å². The van der Waals surface area contributed by atoms with Crippen LogP contribution in [0, 0.1) is 0 Å². The molecule has 0 saturated heterocycles. The van der Waals surface area contributed by atoms with Gasteiger partial charge in [0.05, 0.1) is 0 Å². The molecule has 1 aromatic rings. The minimum Gasteiger partial charge on any atom is -0.461 e. The number of likely N-dealkylation sites (N-methyl/N-ethyl adjacent to an activating group) is 1. The lowest BCUT2D eigenvalue weighted by Crippen LogP contribution is -2.40. The molecule has 0 unspecified atom stereocenters. The van der Waals surface area contributed by atoms with Crippen molar-refractivity contribution in [1.29, 1.82) is 0 Å². The van der Waals surface area contributed by atoms with Crippen molar-refractivity contribution in [3.8, 4) is 5.75 Å². The summed E-state index contributed by atoms with van der Waals surface area (Å²) in [5, 5.41) is 0. The topological polar surface area (TPSA) is 55.8 Å². The van der Waals surface area contributed by atoms with Gasteiger partial charge in [0.1, 0.15) is 17.9 Å². The van der Waals surface area contributed by atoms with Crippen LogP contribution in [0.2, 0.25) is 0 Å². The molecular weight excluding hydrogens is 270 g/mol. The molecule has 0 aliphatic carbocycles. The van der Waals surface area contributed by atoms with E-state index >= 15 is 0 Å². The van der Waals surface area contributed by atoms with E-state index in [4.69, 9.17) is 9.47 Å². The van der Waals surface area contributed by atoms with Crippen LogP contribution in [-0.4, -0.2) is 42.6 Å². The molecule has 5 heteroatoms. The summed E-state index contributed by atoms with van der Waals surface area (Å²) in [6.07, 6.45) is 0. The summed E-state index contributed by atoms with van der Waals surface area (Å²) in [6, 6.07) is 6.54. The Hall–Kier alpha value is -1.88. The lowest BCUT2D eigenvalue weighted by molar-refractivity contribution is -0.131. The number of ether oxygens (including phenoxy) is 2. The predicted molar refractivity (Wildman–Crippen MR) is 80.4 cm³/mol. The molecule has 5 nitrogen and oxygen atoms in total. The third kappa shape index (κ3) is 5.55. The summed E-state index contributed by atoms with van der Waals surface area (Å²) >= 11 is 0. The number of carbonyl (C=O) groups is 2. The second-order valence-corrected chi connectivity index (χ2v) is 5.82. The minimum absolute atomic E-state index is 0.0159. The lowest BCUT2D eigenvalue weighted by Gasteiger charge is -2.31. The van der Waals surface area contributed by atoms with Crippen LogP contribution in [0.5, 0.6) is 5.75 Å². The molecule has 0 atom stereocenters. The van der Waals surface area contributed by atoms with Crippen LogP contribution in [0.25, 0.3) is 0 Å². The maximum atomic E-state index is 12.0. The Morgan fingerprint density at radius 3 is 2.38 bits per heavy atom. The number of carbonyl (C=O) groups excluding carboxylic acids is 2. The van der Waals surface area contributed by atoms with E-state index in [1.807, 2.05) is 7.05 Å². The highest BCUT2D eigenvalue weighted by molar-refractivity contribution is 5.93. The van der Waals surface area contributed by atoms with Crippen LogP contribution in [-0.2, 0) is 9.53 Å². The number of hydrogen-bond acceptors (Lipinski definition) is 5. The quantitative estimate of drug-likeness (QED) is 0.616. The molecule has 0 saturated carbocycles. The Morgan fingerprint density at radius 1 is 1.19 bits per heavy atom. The SMILES string of the molecule is CC(=O)Oc1ccccc1C(=O)OCCN(C)C(C)(C)C. The first kappa shape index (κ1) is 17.2. The fourth-order valence-corrected chi connectivity index (χ4v) is 1.57. The maximum absolute atomic E-state index is 12.0. The monoisotopic (exact) mass is 293 g/mol. The van der Waals surface area contributed by atoms with E-state index in [0.717, 1.165) is 0 Å². The number of hydrogen-bond donors (Lipinski definition) is 0. The molecule has 0 bridgehead atoms. The van der Waals surface area contributed by atoms with Gasteiger partial charge in [0, 0.05) is 19.0 Å². The van der Waals surface area contributed by atoms with E-state index in [1.165, 1.54) is 6.92 Å². The molecule has 1 aromatic carbocycles. The Kier molecular flexibility index (Phi) is 5.90. The number of esters is 2. The van der Waals surface area contributed by atoms with Crippen LogP contribution in [0.1, 0.15) is 38.1 Å². The zero-order chi connectivity index (χ0) is 16.0. The van der Waals surface area contributed by atoms with Crippen LogP contribution < -0.4 is 4.74 Å². The fraction of sp³-hybridized carbons (Fsp3) is 0.500.